The van der Waals surface area contributed by atoms with Crippen molar-refractivity contribution in [3.8, 4) is 0 Å². The zero-order valence-electron chi connectivity index (χ0n) is 13.1. The molecule has 3 N–H and O–H groups in total. The van der Waals surface area contributed by atoms with Gasteiger partial charge in [-0.25, -0.2) is 14.2 Å². The minimum Gasteiger partial charge on any atom is -0.465 e. The Bertz CT molecular complexity index is 655. The highest BCUT2D eigenvalue weighted by atomic mass is 19.1. The lowest BCUT2D eigenvalue weighted by molar-refractivity contribution is 0.194. The molecule has 2 rings (SSSR count). The Labute approximate surface area is 134 Å². The van der Waals surface area contributed by atoms with Crippen LogP contribution in [0.1, 0.15) is 25.0 Å². The monoisotopic (exact) mass is 317 g/mol. The Balaban J connectivity index is 1.94. The van der Waals surface area contributed by atoms with Crippen molar-refractivity contribution in [2.24, 2.45) is 0 Å². The van der Waals surface area contributed by atoms with Crippen LogP contribution in [0.4, 0.5) is 15.0 Å². The molecule has 0 aliphatic rings. The molecule has 0 unspecified atom stereocenters. The van der Waals surface area contributed by atoms with E-state index in [4.69, 9.17) is 5.11 Å². The second-order valence-electron chi connectivity index (χ2n) is 5.95. The van der Waals surface area contributed by atoms with Crippen LogP contribution in [0.25, 0.3) is 0 Å². The van der Waals surface area contributed by atoms with E-state index in [0.717, 1.165) is 11.1 Å². The molecule has 122 valence electrons. The Hall–Kier alpha value is -2.63. The van der Waals surface area contributed by atoms with Crippen LogP contribution >= 0.6 is 0 Å². The van der Waals surface area contributed by atoms with Gasteiger partial charge in [-0.1, -0.05) is 32.0 Å². The summed E-state index contributed by atoms with van der Waals surface area (Å²) in [6.07, 6.45) is 0.566. The number of carbonyl (C=O) groups is 1. The second kappa shape index (κ2) is 7.09. The fraction of sp³-hybridized carbons (Fsp3) is 0.294. The first-order valence-electron chi connectivity index (χ1n) is 7.28. The molecule has 0 saturated carbocycles. The van der Waals surface area contributed by atoms with Crippen molar-refractivity contribution in [2.75, 3.05) is 11.9 Å². The van der Waals surface area contributed by atoms with E-state index < -0.39 is 6.09 Å². The predicted molar refractivity (Wildman–Crippen MR) is 87.0 cm³/mol. The van der Waals surface area contributed by atoms with Gasteiger partial charge in [0.2, 0.25) is 0 Å². The lowest BCUT2D eigenvalue weighted by Gasteiger charge is -2.26. The molecule has 0 aliphatic carbocycles. The highest BCUT2D eigenvalue weighted by Crippen LogP contribution is 2.23. The van der Waals surface area contributed by atoms with Crippen LogP contribution in [0.5, 0.6) is 0 Å². The molecular formula is C17H20FN3O2. The lowest BCUT2D eigenvalue weighted by Crippen LogP contribution is -2.28. The number of pyridine rings is 1. The largest absolute Gasteiger partial charge is 0.465 e. The molecule has 0 spiro atoms. The van der Waals surface area contributed by atoms with E-state index in [0.29, 0.717) is 12.4 Å². The summed E-state index contributed by atoms with van der Waals surface area (Å²) >= 11 is 0. The summed E-state index contributed by atoms with van der Waals surface area (Å²) in [5, 5.41) is 14.1. The fourth-order valence-corrected chi connectivity index (χ4v) is 2.13. The molecule has 2 aromatic rings. The highest BCUT2D eigenvalue weighted by molar-refractivity contribution is 5.64. The summed E-state index contributed by atoms with van der Waals surface area (Å²) in [5.41, 5.74) is 1.64. The summed E-state index contributed by atoms with van der Waals surface area (Å²) in [6, 6.07) is 10.1. The zero-order valence-corrected chi connectivity index (χ0v) is 13.1. The molecule has 1 aromatic carbocycles. The molecule has 1 heterocycles. The van der Waals surface area contributed by atoms with E-state index in [1.807, 2.05) is 6.07 Å². The number of amides is 1. The molecule has 1 aromatic heterocycles. The van der Waals surface area contributed by atoms with Gasteiger partial charge in [0, 0.05) is 24.7 Å². The van der Waals surface area contributed by atoms with Gasteiger partial charge in [-0.3, -0.25) is 0 Å². The van der Waals surface area contributed by atoms with Gasteiger partial charge in [0.25, 0.3) is 0 Å². The summed E-state index contributed by atoms with van der Waals surface area (Å²) in [5.74, 6) is 0.462. The number of nitrogens with zero attached hydrogens (tertiary/aromatic N) is 1. The topological polar surface area (TPSA) is 74.2 Å². The number of carboxylic acid groups (broad SMARTS) is 1. The van der Waals surface area contributed by atoms with E-state index in [1.54, 1.807) is 24.4 Å². The standard InChI is InChI=1S/C17H20FN3O2/c1-17(2,13-4-6-14(18)7-5-13)11-21-15-8-3-12(9-19-15)10-20-16(22)23/h3-9,20H,10-11H2,1-2H3,(H,19,21)(H,22,23). The molecule has 0 aliphatic heterocycles. The quantitative estimate of drug-likeness (QED) is 0.763. The molecule has 0 radical (unpaired) electrons. The van der Waals surface area contributed by atoms with E-state index in [9.17, 15) is 9.18 Å². The number of halogens is 1. The van der Waals surface area contributed by atoms with Crippen molar-refractivity contribution in [1.82, 2.24) is 10.3 Å². The minimum absolute atomic E-state index is 0.182. The molecular weight excluding hydrogens is 297 g/mol. The number of nitrogens with one attached hydrogen (secondary N) is 2. The van der Waals surface area contributed by atoms with Gasteiger partial charge >= 0.3 is 6.09 Å². The van der Waals surface area contributed by atoms with Gasteiger partial charge in [-0.05, 0) is 29.3 Å². The smallest absolute Gasteiger partial charge is 0.404 e. The predicted octanol–water partition coefficient (Wildman–Crippen LogP) is 3.38. The van der Waals surface area contributed by atoms with Crippen LogP contribution in [0, 0.1) is 5.82 Å². The molecule has 1 amide bonds. The third-order valence-electron chi connectivity index (χ3n) is 3.61. The van der Waals surface area contributed by atoms with Gasteiger partial charge in [0.05, 0.1) is 0 Å². The minimum atomic E-state index is -1.06. The molecule has 0 saturated heterocycles. The number of rotatable bonds is 6. The highest BCUT2D eigenvalue weighted by Gasteiger charge is 2.20. The number of aromatic nitrogens is 1. The Kier molecular flexibility index (Phi) is 5.16. The van der Waals surface area contributed by atoms with Crippen molar-refractivity contribution < 1.29 is 14.3 Å². The molecule has 23 heavy (non-hydrogen) atoms. The van der Waals surface area contributed by atoms with Gasteiger partial charge in [-0.15, -0.1) is 0 Å². The lowest BCUT2D eigenvalue weighted by atomic mass is 9.84. The van der Waals surface area contributed by atoms with E-state index in [-0.39, 0.29) is 17.8 Å². The number of benzene rings is 1. The summed E-state index contributed by atoms with van der Waals surface area (Å²) in [7, 11) is 0. The number of hydrogen-bond donors (Lipinski definition) is 3. The third kappa shape index (κ3) is 4.95. The van der Waals surface area contributed by atoms with Crippen LogP contribution in [0.3, 0.4) is 0 Å². The molecule has 0 fully saturated rings. The maximum Gasteiger partial charge on any atom is 0.404 e. The van der Waals surface area contributed by atoms with Gasteiger partial charge in [0.15, 0.2) is 0 Å². The molecule has 5 nitrogen and oxygen atoms in total. The fourth-order valence-electron chi connectivity index (χ4n) is 2.13. The summed E-state index contributed by atoms with van der Waals surface area (Å²) < 4.78 is 13.0. The maximum atomic E-state index is 13.0. The van der Waals surface area contributed by atoms with Crippen LogP contribution in [-0.4, -0.2) is 22.7 Å². The number of hydrogen-bond acceptors (Lipinski definition) is 3. The number of anilines is 1. The first kappa shape index (κ1) is 16.7. The first-order valence-corrected chi connectivity index (χ1v) is 7.28. The Morgan fingerprint density at radius 1 is 1.22 bits per heavy atom. The summed E-state index contributed by atoms with van der Waals surface area (Å²) in [6.45, 7) is 5.00. The van der Waals surface area contributed by atoms with Crippen LogP contribution in [0.15, 0.2) is 42.6 Å². The average Bonchev–Trinajstić information content (AvgIpc) is 2.52. The first-order chi connectivity index (χ1) is 10.9. The molecule has 0 atom stereocenters. The van der Waals surface area contributed by atoms with Crippen molar-refractivity contribution in [3.05, 3.63) is 59.5 Å². The van der Waals surface area contributed by atoms with Crippen LogP contribution in [0.2, 0.25) is 0 Å². The van der Waals surface area contributed by atoms with E-state index >= 15 is 0 Å². The van der Waals surface area contributed by atoms with Crippen molar-refractivity contribution in [3.63, 3.8) is 0 Å². The molecule has 0 bridgehead atoms. The Morgan fingerprint density at radius 3 is 2.48 bits per heavy atom. The van der Waals surface area contributed by atoms with Gasteiger partial charge < -0.3 is 15.7 Å². The van der Waals surface area contributed by atoms with Crippen LogP contribution in [-0.2, 0) is 12.0 Å². The van der Waals surface area contributed by atoms with Crippen molar-refractivity contribution in [1.29, 1.82) is 0 Å². The SMILES string of the molecule is CC(C)(CNc1ccc(CNC(=O)O)cn1)c1ccc(F)cc1. The Morgan fingerprint density at radius 2 is 1.91 bits per heavy atom. The van der Waals surface area contributed by atoms with Gasteiger partial charge in [0.1, 0.15) is 11.6 Å². The summed E-state index contributed by atoms with van der Waals surface area (Å²) in [4.78, 5) is 14.7. The van der Waals surface area contributed by atoms with Gasteiger partial charge in [-0.2, -0.15) is 0 Å². The maximum absolute atomic E-state index is 13.0. The van der Waals surface area contributed by atoms with Crippen molar-refractivity contribution in [2.45, 2.75) is 25.8 Å². The van der Waals surface area contributed by atoms with Crippen molar-refractivity contribution >= 4 is 11.9 Å². The van der Waals surface area contributed by atoms with E-state index in [1.165, 1.54) is 12.1 Å². The zero-order chi connectivity index (χ0) is 16.9. The molecule has 6 heteroatoms. The normalized spacial score (nSPS) is 11.1. The van der Waals surface area contributed by atoms with Crippen LogP contribution < -0.4 is 10.6 Å². The van der Waals surface area contributed by atoms with E-state index in [2.05, 4.69) is 29.5 Å². The second-order valence-corrected chi connectivity index (χ2v) is 5.95. The average molecular weight is 317 g/mol. The third-order valence-corrected chi connectivity index (χ3v) is 3.61.